The van der Waals surface area contributed by atoms with Crippen molar-refractivity contribution in [1.29, 1.82) is 0 Å². The topological polar surface area (TPSA) is 29.3 Å². The van der Waals surface area contributed by atoms with Gasteiger partial charge in [-0.2, -0.15) is 0 Å². The molecule has 0 aromatic heterocycles. The highest BCUT2D eigenvalue weighted by Gasteiger charge is 2.40. The van der Waals surface area contributed by atoms with Crippen molar-refractivity contribution in [3.05, 3.63) is 71.3 Å². The van der Waals surface area contributed by atoms with E-state index in [-0.39, 0.29) is 5.41 Å². The van der Waals surface area contributed by atoms with Gasteiger partial charge in [0.1, 0.15) is 0 Å². The van der Waals surface area contributed by atoms with Gasteiger partial charge in [0.25, 0.3) is 0 Å². The van der Waals surface area contributed by atoms with Gasteiger partial charge in [0, 0.05) is 11.5 Å². The molecule has 0 bridgehead atoms. The molecule has 128 valence electrons. The molecule has 2 N–H and O–H groups in total. The number of hydrogen-bond donors (Lipinski definition) is 1. The first-order valence-corrected chi connectivity index (χ1v) is 9.22. The van der Waals surface area contributed by atoms with E-state index in [2.05, 4.69) is 73.3 Å². The second kappa shape index (κ2) is 7.50. The van der Waals surface area contributed by atoms with Crippen molar-refractivity contribution in [3.8, 4) is 0 Å². The average molecular weight is 322 g/mol. The minimum Gasteiger partial charge on any atom is -0.330 e. The molecule has 0 amide bonds. The third kappa shape index (κ3) is 3.40. The Morgan fingerprint density at radius 2 is 1.71 bits per heavy atom. The fraction of sp³-hybridized carbons (Fsp3) is 0.455. The van der Waals surface area contributed by atoms with E-state index in [0.29, 0.717) is 6.04 Å². The van der Waals surface area contributed by atoms with E-state index in [1.54, 1.807) is 0 Å². The second-order valence-electron chi connectivity index (χ2n) is 7.30. The molecule has 0 aliphatic carbocycles. The lowest BCUT2D eigenvalue weighted by Crippen LogP contribution is -2.48. The van der Waals surface area contributed by atoms with Gasteiger partial charge in [-0.05, 0) is 63.9 Å². The Kier molecular flexibility index (Phi) is 5.37. The Morgan fingerprint density at radius 1 is 1.04 bits per heavy atom. The van der Waals surface area contributed by atoms with Crippen LogP contribution in [-0.4, -0.2) is 30.6 Å². The summed E-state index contributed by atoms with van der Waals surface area (Å²) in [4.78, 5) is 2.61. The highest BCUT2D eigenvalue weighted by molar-refractivity contribution is 5.41. The van der Waals surface area contributed by atoms with Crippen LogP contribution in [0.25, 0.3) is 0 Å². The van der Waals surface area contributed by atoms with E-state index < -0.39 is 0 Å². The van der Waals surface area contributed by atoms with Crippen molar-refractivity contribution in [2.24, 2.45) is 5.73 Å². The molecule has 0 radical (unpaired) electrons. The van der Waals surface area contributed by atoms with Gasteiger partial charge in [-0.15, -0.1) is 0 Å². The molecule has 2 aromatic carbocycles. The summed E-state index contributed by atoms with van der Waals surface area (Å²) in [5, 5.41) is 0. The van der Waals surface area contributed by atoms with Gasteiger partial charge in [0.15, 0.2) is 0 Å². The monoisotopic (exact) mass is 322 g/mol. The summed E-state index contributed by atoms with van der Waals surface area (Å²) in [5.74, 6) is 0. The number of nitrogens with two attached hydrogens (primary N) is 1. The SMILES string of the molecule is Cc1ccc(C2(c3ccccc3)CCN(CCCN)C(C)C2)cc1. The van der Waals surface area contributed by atoms with E-state index in [9.17, 15) is 0 Å². The van der Waals surface area contributed by atoms with Crippen LogP contribution in [0, 0.1) is 6.92 Å². The van der Waals surface area contributed by atoms with E-state index in [0.717, 1.165) is 26.1 Å². The van der Waals surface area contributed by atoms with Gasteiger partial charge in [-0.1, -0.05) is 60.2 Å². The highest BCUT2D eigenvalue weighted by Crippen LogP contribution is 2.43. The number of hydrogen-bond acceptors (Lipinski definition) is 2. The lowest BCUT2D eigenvalue weighted by atomic mass is 9.66. The first-order chi connectivity index (χ1) is 11.7. The van der Waals surface area contributed by atoms with Gasteiger partial charge in [-0.25, -0.2) is 0 Å². The van der Waals surface area contributed by atoms with Crippen LogP contribution in [0.2, 0.25) is 0 Å². The molecule has 1 heterocycles. The molecule has 2 nitrogen and oxygen atoms in total. The smallest absolute Gasteiger partial charge is 0.0229 e. The average Bonchev–Trinajstić information content (AvgIpc) is 2.62. The molecule has 24 heavy (non-hydrogen) atoms. The Labute approximate surface area is 146 Å². The summed E-state index contributed by atoms with van der Waals surface area (Å²) in [6.07, 6.45) is 3.44. The third-order valence-corrected chi connectivity index (χ3v) is 5.67. The van der Waals surface area contributed by atoms with E-state index in [1.165, 1.54) is 29.5 Å². The zero-order valence-corrected chi connectivity index (χ0v) is 15.0. The largest absolute Gasteiger partial charge is 0.330 e. The minimum absolute atomic E-state index is 0.133. The van der Waals surface area contributed by atoms with Crippen LogP contribution in [-0.2, 0) is 5.41 Å². The summed E-state index contributed by atoms with van der Waals surface area (Å²) in [6.45, 7) is 7.59. The Bertz CT molecular complexity index is 635. The van der Waals surface area contributed by atoms with Crippen LogP contribution < -0.4 is 5.73 Å². The van der Waals surface area contributed by atoms with Crippen molar-refractivity contribution in [1.82, 2.24) is 4.90 Å². The molecule has 2 unspecified atom stereocenters. The molecule has 1 fully saturated rings. The standard InChI is InChI=1S/C22H30N2/c1-18-9-11-21(12-10-18)22(20-7-4-3-5-8-20)13-16-24(15-6-14-23)19(2)17-22/h3-5,7-12,19H,6,13-17,23H2,1-2H3. The van der Waals surface area contributed by atoms with Crippen molar-refractivity contribution >= 4 is 0 Å². The van der Waals surface area contributed by atoms with E-state index >= 15 is 0 Å². The maximum atomic E-state index is 5.71. The van der Waals surface area contributed by atoms with Crippen LogP contribution in [0.3, 0.4) is 0 Å². The van der Waals surface area contributed by atoms with Gasteiger partial charge >= 0.3 is 0 Å². The predicted molar refractivity (Wildman–Crippen MR) is 102 cm³/mol. The second-order valence-corrected chi connectivity index (χ2v) is 7.30. The number of rotatable bonds is 5. The molecule has 0 saturated carbocycles. The molecule has 2 aromatic rings. The molecule has 3 rings (SSSR count). The van der Waals surface area contributed by atoms with Crippen LogP contribution in [0.4, 0.5) is 0 Å². The van der Waals surface area contributed by atoms with Gasteiger partial charge in [-0.3, -0.25) is 0 Å². The Balaban J connectivity index is 1.94. The lowest BCUT2D eigenvalue weighted by Gasteiger charge is -2.46. The molecular formula is C22H30N2. The molecule has 0 spiro atoms. The van der Waals surface area contributed by atoms with Crippen LogP contribution >= 0.6 is 0 Å². The fourth-order valence-corrected chi connectivity index (χ4v) is 4.24. The summed E-state index contributed by atoms with van der Waals surface area (Å²) >= 11 is 0. The molecular weight excluding hydrogens is 292 g/mol. The summed E-state index contributed by atoms with van der Waals surface area (Å²) < 4.78 is 0. The summed E-state index contributed by atoms with van der Waals surface area (Å²) in [7, 11) is 0. The van der Waals surface area contributed by atoms with Crippen LogP contribution in [0.15, 0.2) is 54.6 Å². The maximum Gasteiger partial charge on any atom is 0.0229 e. The number of likely N-dealkylation sites (tertiary alicyclic amines) is 1. The van der Waals surface area contributed by atoms with Gasteiger partial charge in [0.05, 0.1) is 0 Å². The number of aryl methyl sites for hydroxylation is 1. The highest BCUT2D eigenvalue weighted by atomic mass is 15.2. The quantitative estimate of drug-likeness (QED) is 0.897. The summed E-state index contributed by atoms with van der Waals surface area (Å²) in [6, 6.07) is 20.8. The van der Waals surface area contributed by atoms with Crippen LogP contribution in [0.5, 0.6) is 0 Å². The zero-order chi connectivity index (χ0) is 17.0. The van der Waals surface area contributed by atoms with Gasteiger partial charge < -0.3 is 10.6 Å². The van der Waals surface area contributed by atoms with Crippen molar-refractivity contribution in [2.45, 2.75) is 44.6 Å². The number of nitrogens with zero attached hydrogens (tertiary/aromatic N) is 1. The van der Waals surface area contributed by atoms with Gasteiger partial charge in [0.2, 0.25) is 0 Å². The van der Waals surface area contributed by atoms with E-state index in [1.807, 2.05) is 0 Å². The zero-order valence-electron chi connectivity index (χ0n) is 15.0. The molecule has 1 saturated heterocycles. The van der Waals surface area contributed by atoms with Crippen LogP contribution in [0.1, 0.15) is 42.9 Å². The number of piperidine rings is 1. The Morgan fingerprint density at radius 3 is 2.33 bits per heavy atom. The molecule has 2 atom stereocenters. The van der Waals surface area contributed by atoms with E-state index in [4.69, 9.17) is 5.73 Å². The first-order valence-electron chi connectivity index (χ1n) is 9.22. The van der Waals surface area contributed by atoms with Crippen molar-refractivity contribution in [3.63, 3.8) is 0 Å². The third-order valence-electron chi connectivity index (χ3n) is 5.67. The van der Waals surface area contributed by atoms with Crippen molar-refractivity contribution in [2.75, 3.05) is 19.6 Å². The Hall–Kier alpha value is -1.64. The molecule has 1 aliphatic rings. The molecule has 1 aliphatic heterocycles. The predicted octanol–water partition coefficient (Wildman–Crippen LogP) is 4.11. The lowest BCUT2D eigenvalue weighted by molar-refractivity contribution is 0.118. The normalized spacial score (nSPS) is 24.9. The summed E-state index contributed by atoms with van der Waals surface area (Å²) in [5.41, 5.74) is 10.1. The fourth-order valence-electron chi connectivity index (χ4n) is 4.24. The van der Waals surface area contributed by atoms with Crippen molar-refractivity contribution < 1.29 is 0 Å². The number of benzene rings is 2. The minimum atomic E-state index is 0.133. The maximum absolute atomic E-state index is 5.71. The molecule has 2 heteroatoms. The first kappa shape index (κ1) is 17.2.